The summed E-state index contributed by atoms with van der Waals surface area (Å²) < 4.78 is 0. The predicted octanol–water partition coefficient (Wildman–Crippen LogP) is 4.35. The van der Waals surface area contributed by atoms with Crippen molar-refractivity contribution in [1.29, 1.82) is 0 Å². The molecule has 0 radical (unpaired) electrons. The molecule has 1 saturated heterocycles. The van der Waals surface area contributed by atoms with Crippen LogP contribution < -0.4 is 10.2 Å². The number of carbonyl (C=O) groups excluding carboxylic acids is 2. The van der Waals surface area contributed by atoms with Crippen molar-refractivity contribution in [2.75, 3.05) is 23.3 Å². The molecule has 3 aromatic rings. The number of benzene rings is 2. The molecule has 2 aliphatic heterocycles. The first kappa shape index (κ1) is 21.1. The van der Waals surface area contributed by atoms with Crippen LogP contribution in [0.1, 0.15) is 22.6 Å². The molecule has 0 aliphatic carbocycles. The maximum absolute atomic E-state index is 12.9. The number of thiazole rings is 1. The van der Waals surface area contributed by atoms with E-state index in [1.165, 1.54) is 21.8 Å². The number of aromatic nitrogens is 1. The third-order valence-corrected chi connectivity index (χ3v) is 7.25. The highest BCUT2D eigenvalue weighted by molar-refractivity contribution is 7.15. The van der Waals surface area contributed by atoms with Crippen LogP contribution in [0.3, 0.4) is 0 Å². The molecule has 2 amide bonds. The summed E-state index contributed by atoms with van der Waals surface area (Å²) in [4.78, 5) is 35.2. The number of nitrogens with one attached hydrogen (secondary N) is 1. The van der Waals surface area contributed by atoms with E-state index in [4.69, 9.17) is 11.6 Å². The lowest BCUT2D eigenvalue weighted by Crippen LogP contribution is -2.29. The molecule has 0 spiro atoms. The average molecular weight is 467 g/mol. The lowest BCUT2D eigenvalue weighted by atomic mass is 10.1. The van der Waals surface area contributed by atoms with Crippen molar-refractivity contribution >= 4 is 45.6 Å². The highest BCUT2D eigenvalue weighted by atomic mass is 35.5. The fourth-order valence-electron chi connectivity index (χ4n) is 4.27. The molecule has 1 atom stereocenters. The van der Waals surface area contributed by atoms with Crippen LogP contribution in [0.2, 0.25) is 5.02 Å². The van der Waals surface area contributed by atoms with Gasteiger partial charge in [-0.3, -0.25) is 14.5 Å². The fourth-order valence-corrected chi connectivity index (χ4v) is 5.56. The molecule has 0 saturated carbocycles. The topological polar surface area (TPSA) is 65.5 Å². The van der Waals surface area contributed by atoms with Crippen LogP contribution in [-0.4, -0.2) is 34.8 Å². The third-order valence-electron chi connectivity index (χ3n) is 5.93. The lowest BCUT2D eigenvalue weighted by Gasteiger charge is -2.25. The van der Waals surface area contributed by atoms with E-state index in [0.29, 0.717) is 22.4 Å². The number of hydrogen-bond donors (Lipinski definition) is 1. The second kappa shape index (κ2) is 9.02. The standard InChI is InChI=1S/C24H23ClN4O2S/c25-18-8-4-5-9-20(18)29-14-17(12-22(29)30)23(31)27-24-26-19-10-11-28(15-21(19)32-24)13-16-6-2-1-3-7-16/h1-9,17H,10-15H2,(H,26,27,31)/t17-/m0/s1. The molecular weight excluding hydrogens is 444 g/mol. The van der Waals surface area contributed by atoms with Crippen molar-refractivity contribution in [3.63, 3.8) is 0 Å². The molecule has 5 rings (SSSR count). The van der Waals surface area contributed by atoms with Crippen LogP contribution in [0.5, 0.6) is 0 Å². The SMILES string of the molecule is O=C(Nc1nc2c(s1)CN(Cc1ccccc1)CC2)[C@H]1CC(=O)N(c2ccccc2Cl)C1. The fraction of sp³-hybridized carbons (Fsp3) is 0.292. The molecule has 2 aliphatic rings. The predicted molar refractivity (Wildman–Crippen MR) is 127 cm³/mol. The van der Waals surface area contributed by atoms with E-state index < -0.39 is 5.92 Å². The van der Waals surface area contributed by atoms with Gasteiger partial charge in [0.15, 0.2) is 5.13 Å². The molecule has 0 unspecified atom stereocenters. The van der Waals surface area contributed by atoms with Crippen molar-refractivity contribution in [2.45, 2.75) is 25.9 Å². The Morgan fingerprint density at radius 3 is 2.75 bits per heavy atom. The minimum Gasteiger partial charge on any atom is -0.310 e. The Labute approximate surface area is 195 Å². The van der Waals surface area contributed by atoms with E-state index in [1.807, 2.05) is 18.2 Å². The van der Waals surface area contributed by atoms with Gasteiger partial charge in [-0.15, -0.1) is 11.3 Å². The summed E-state index contributed by atoms with van der Waals surface area (Å²) in [5.41, 5.74) is 3.01. The summed E-state index contributed by atoms with van der Waals surface area (Å²) in [6.07, 6.45) is 1.05. The quantitative estimate of drug-likeness (QED) is 0.607. The van der Waals surface area contributed by atoms with E-state index in [2.05, 4.69) is 39.5 Å². The van der Waals surface area contributed by atoms with E-state index in [9.17, 15) is 9.59 Å². The molecular formula is C24H23ClN4O2S. The van der Waals surface area contributed by atoms with E-state index in [0.717, 1.165) is 31.7 Å². The first-order valence-electron chi connectivity index (χ1n) is 10.7. The second-order valence-electron chi connectivity index (χ2n) is 8.18. The van der Waals surface area contributed by atoms with Crippen molar-refractivity contribution in [2.24, 2.45) is 5.92 Å². The molecule has 8 heteroatoms. The highest BCUT2D eigenvalue weighted by Gasteiger charge is 2.36. The van der Waals surface area contributed by atoms with Crippen molar-refractivity contribution < 1.29 is 9.59 Å². The van der Waals surface area contributed by atoms with Gasteiger partial charge >= 0.3 is 0 Å². The van der Waals surface area contributed by atoms with Gasteiger partial charge in [0.05, 0.1) is 22.3 Å². The number of hydrogen-bond acceptors (Lipinski definition) is 5. The van der Waals surface area contributed by atoms with E-state index in [1.54, 1.807) is 17.0 Å². The normalized spacial score (nSPS) is 18.6. The Morgan fingerprint density at radius 1 is 1.16 bits per heavy atom. The van der Waals surface area contributed by atoms with Crippen molar-refractivity contribution in [3.8, 4) is 0 Å². The van der Waals surface area contributed by atoms with Gasteiger partial charge in [-0.25, -0.2) is 4.98 Å². The Morgan fingerprint density at radius 2 is 1.94 bits per heavy atom. The smallest absolute Gasteiger partial charge is 0.231 e. The molecule has 1 N–H and O–H groups in total. The number of fused-ring (bicyclic) bond motifs is 1. The first-order chi connectivity index (χ1) is 15.6. The first-order valence-corrected chi connectivity index (χ1v) is 11.9. The van der Waals surface area contributed by atoms with Gasteiger partial charge in [-0.1, -0.05) is 54.1 Å². The van der Waals surface area contributed by atoms with Crippen LogP contribution in [0, 0.1) is 5.92 Å². The molecule has 1 aromatic heterocycles. The summed E-state index contributed by atoms with van der Waals surface area (Å²) in [5, 5.41) is 4.08. The maximum Gasteiger partial charge on any atom is 0.231 e. The lowest BCUT2D eigenvalue weighted by molar-refractivity contribution is -0.122. The Hall–Kier alpha value is -2.74. The van der Waals surface area contributed by atoms with Gasteiger partial charge in [0, 0.05) is 43.9 Å². The number of rotatable bonds is 5. The number of amides is 2. The minimum absolute atomic E-state index is 0.0896. The molecule has 2 aromatic carbocycles. The minimum atomic E-state index is -0.422. The van der Waals surface area contributed by atoms with Gasteiger partial charge in [-0.2, -0.15) is 0 Å². The average Bonchev–Trinajstić information content (AvgIpc) is 3.37. The van der Waals surface area contributed by atoms with Crippen molar-refractivity contribution in [1.82, 2.24) is 9.88 Å². The molecule has 1 fully saturated rings. The molecule has 32 heavy (non-hydrogen) atoms. The maximum atomic E-state index is 12.9. The Bertz CT molecular complexity index is 1150. The largest absolute Gasteiger partial charge is 0.310 e. The third kappa shape index (κ3) is 4.41. The zero-order valence-corrected chi connectivity index (χ0v) is 19.0. The van der Waals surface area contributed by atoms with E-state index >= 15 is 0 Å². The van der Waals surface area contributed by atoms with Crippen LogP contribution in [0.4, 0.5) is 10.8 Å². The summed E-state index contributed by atoms with van der Waals surface area (Å²) in [6.45, 7) is 3.01. The zero-order chi connectivity index (χ0) is 22.1. The highest BCUT2D eigenvalue weighted by Crippen LogP contribution is 2.33. The molecule has 3 heterocycles. The molecule has 6 nitrogen and oxygen atoms in total. The summed E-state index contributed by atoms with van der Waals surface area (Å²) >= 11 is 7.77. The monoisotopic (exact) mass is 466 g/mol. The summed E-state index contributed by atoms with van der Waals surface area (Å²) in [6, 6.07) is 17.6. The van der Waals surface area contributed by atoms with Gasteiger partial charge in [0.25, 0.3) is 0 Å². The molecule has 0 bridgehead atoms. The number of nitrogens with zero attached hydrogens (tertiary/aromatic N) is 3. The number of carbonyl (C=O) groups is 2. The molecule has 164 valence electrons. The van der Waals surface area contributed by atoms with Gasteiger partial charge in [0.2, 0.25) is 11.8 Å². The summed E-state index contributed by atoms with van der Waals surface area (Å²) in [7, 11) is 0. The number of halogens is 1. The van der Waals surface area contributed by atoms with Gasteiger partial charge < -0.3 is 10.2 Å². The Kier molecular flexibility index (Phi) is 5.95. The summed E-state index contributed by atoms with van der Waals surface area (Å²) in [5.74, 6) is -0.678. The van der Waals surface area contributed by atoms with Gasteiger partial charge in [-0.05, 0) is 17.7 Å². The van der Waals surface area contributed by atoms with Crippen LogP contribution in [0.15, 0.2) is 54.6 Å². The van der Waals surface area contributed by atoms with Crippen LogP contribution >= 0.6 is 22.9 Å². The van der Waals surface area contributed by atoms with Crippen LogP contribution in [-0.2, 0) is 29.1 Å². The number of anilines is 2. The van der Waals surface area contributed by atoms with Crippen molar-refractivity contribution in [3.05, 3.63) is 75.8 Å². The van der Waals surface area contributed by atoms with E-state index in [-0.39, 0.29) is 18.2 Å². The number of para-hydroxylation sites is 1. The Balaban J connectivity index is 1.22. The second-order valence-corrected chi connectivity index (χ2v) is 9.67. The zero-order valence-electron chi connectivity index (χ0n) is 17.5. The van der Waals surface area contributed by atoms with Crippen LogP contribution in [0.25, 0.3) is 0 Å². The van der Waals surface area contributed by atoms with Gasteiger partial charge in [0.1, 0.15) is 0 Å².